The summed E-state index contributed by atoms with van der Waals surface area (Å²) in [5.41, 5.74) is 8.61. The molecule has 2 aromatic heterocycles. The van der Waals surface area contributed by atoms with Gasteiger partial charge >= 0.3 is 0 Å². The number of benzene rings is 5. The summed E-state index contributed by atoms with van der Waals surface area (Å²) in [7, 11) is 0. The van der Waals surface area contributed by atoms with E-state index in [9.17, 15) is 0 Å². The Bertz CT molecular complexity index is 2400. The van der Waals surface area contributed by atoms with Crippen molar-refractivity contribution in [2.24, 2.45) is 0 Å². The highest BCUT2D eigenvalue weighted by atomic mass is 16.3. The van der Waals surface area contributed by atoms with E-state index < -0.39 is 0 Å². The predicted octanol–water partition coefficient (Wildman–Crippen LogP) is 8.79. The third-order valence-electron chi connectivity index (χ3n) is 7.82. The molecule has 0 radical (unpaired) electrons. The Hall–Kier alpha value is -5.55. The van der Waals surface area contributed by atoms with Crippen LogP contribution in [0.2, 0.25) is 0 Å². The SMILES string of the molecule is c1ccc2c3cn(-c4nc(-c5ccc6oc7ccccc7c6c5)c5ccccc5n4)c4ccccc4c-3nc2c1. The maximum atomic E-state index is 6.10. The first-order chi connectivity index (χ1) is 19.8. The minimum Gasteiger partial charge on any atom is -0.456 e. The van der Waals surface area contributed by atoms with Gasteiger partial charge < -0.3 is 4.42 Å². The Labute approximate surface area is 228 Å². The minimum atomic E-state index is 0.620. The van der Waals surface area contributed by atoms with Crippen molar-refractivity contribution in [2.45, 2.75) is 0 Å². The normalized spacial score (nSPS) is 12.0. The van der Waals surface area contributed by atoms with E-state index in [2.05, 4.69) is 77.5 Å². The maximum absolute atomic E-state index is 6.10. The van der Waals surface area contributed by atoms with E-state index >= 15 is 0 Å². The molecule has 0 saturated carbocycles. The Morgan fingerprint density at radius 1 is 0.500 bits per heavy atom. The molecular formula is C35H20N4O. The number of hydrogen-bond donors (Lipinski definition) is 0. The molecule has 5 heteroatoms. The molecule has 4 heterocycles. The van der Waals surface area contributed by atoms with Crippen LogP contribution in [0, 0.1) is 0 Å². The molecule has 5 aromatic carbocycles. The van der Waals surface area contributed by atoms with E-state index in [1.54, 1.807) is 0 Å². The molecule has 0 aliphatic carbocycles. The fraction of sp³-hybridized carbons (Fsp3) is 0. The van der Waals surface area contributed by atoms with Gasteiger partial charge in [0.2, 0.25) is 5.95 Å². The van der Waals surface area contributed by atoms with Gasteiger partial charge in [-0.05, 0) is 42.5 Å². The van der Waals surface area contributed by atoms with Gasteiger partial charge in [-0.25, -0.2) is 15.0 Å². The summed E-state index contributed by atoms with van der Waals surface area (Å²) >= 11 is 0. The van der Waals surface area contributed by atoms with Gasteiger partial charge in [0.1, 0.15) is 11.2 Å². The Morgan fingerprint density at radius 2 is 1.18 bits per heavy atom. The average Bonchev–Trinajstić information content (AvgIpc) is 3.58. The molecule has 9 rings (SSSR count). The van der Waals surface area contributed by atoms with E-state index in [0.29, 0.717) is 5.95 Å². The largest absolute Gasteiger partial charge is 0.456 e. The van der Waals surface area contributed by atoms with Gasteiger partial charge in [0.05, 0.1) is 27.9 Å². The number of furan rings is 1. The molecule has 0 fully saturated rings. The summed E-state index contributed by atoms with van der Waals surface area (Å²) in [6.07, 6.45) is 2.13. The smallest absolute Gasteiger partial charge is 0.235 e. The quantitative estimate of drug-likeness (QED) is 0.232. The second-order valence-corrected chi connectivity index (χ2v) is 10.1. The van der Waals surface area contributed by atoms with Gasteiger partial charge in [-0.15, -0.1) is 0 Å². The molecule has 0 amide bonds. The highest BCUT2D eigenvalue weighted by Crippen LogP contribution is 2.38. The Kier molecular flexibility index (Phi) is 4.27. The molecule has 0 N–H and O–H groups in total. The monoisotopic (exact) mass is 512 g/mol. The van der Waals surface area contributed by atoms with Gasteiger partial charge in [0.25, 0.3) is 0 Å². The molecule has 0 atom stereocenters. The second-order valence-electron chi connectivity index (χ2n) is 10.1. The predicted molar refractivity (Wildman–Crippen MR) is 161 cm³/mol. The van der Waals surface area contributed by atoms with Crippen molar-refractivity contribution in [3.8, 4) is 28.5 Å². The minimum absolute atomic E-state index is 0.620. The van der Waals surface area contributed by atoms with Gasteiger partial charge in [0, 0.05) is 44.3 Å². The van der Waals surface area contributed by atoms with Crippen LogP contribution in [-0.4, -0.2) is 19.5 Å². The van der Waals surface area contributed by atoms with E-state index in [4.69, 9.17) is 19.4 Å². The molecule has 2 aliphatic rings. The number of nitrogens with zero attached hydrogens (tertiary/aromatic N) is 4. The van der Waals surface area contributed by atoms with Crippen LogP contribution in [0.4, 0.5) is 0 Å². The van der Waals surface area contributed by atoms with Crippen molar-refractivity contribution in [3.63, 3.8) is 0 Å². The molecule has 0 unspecified atom stereocenters. The van der Waals surface area contributed by atoms with Gasteiger partial charge in [-0.3, -0.25) is 4.57 Å². The lowest BCUT2D eigenvalue weighted by molar-refractivity contribution is 0.669. The van der Waals surface area contributed by atoms with Gasteiger partial charge in [-0.1, -0.05) is 72.8 Å². The average molecular weight is 513 g/mol. The van der Waals surface area contributed by atoms with E-state index in [-0.39, 0.29) is 0 Å². The van der Waals surface area contributed by atoms with Crippen LogP contribution < -0.4 is 0 Å². The number of para-hydroxylation sites is 4. The van der Waals surface area contributed by atoms with Crippen LogP contribution in [-0.2, 0) is 0 Å². The lowest BCUT2D eigenvalue weighted by Crippen LogP contribution is -2.06. The van der Waals surface area contributed by atoms with Gasteiger partial charge in [-0.2, -0.15) is 0 Å². The topological polar surface area (TPSA) is 56.7 Å². The summed E-state index contributed by atoms with van der Waals surface area (Å²) in [5, 5.41) is 5.37. The molecule has 7 aromatic rings. The molecule has 2 aliphatic heterocycles. The summed E-state index contributed by atoms with van der Waals surface area (Å²) in [5.74, 6) is 0.620. The van der Waals surface area contributed by atoms with E-state index in [1.165, 1.54) is 0 Å². The second kappa shape index (κ2) is 7.98. The summed E-state index contributed by atoms with van der Waals surface area (Å²) in [6.45, 7) is 0. The number of fused-ring (bicyclic) bond motifs is 9. The lowest BCUT2D eigenvalue weighted by atomic mass is 10.0. The zero-order valence-electron chi connectivity index (χ0n) is 21.2. The first-order valence-corrected chi connectivity index (χ1v) is 13.3. The summed E-state index contributed by atoms with van der Waals surface area (Å²) in [4.78, 5) is 15.3. The molecule has 186 valence electrons. The van der Waals surface area contributed by atoms with Crippen LogP contribution in [0.15, 0.2) is 126 Å². The zero-order valence-corrected chi connectivity index (χ0v) is 21.2. The summed E-state index contributed by atoms with van der Waals surface area (Å²) in [6, 6.07) is 39.3. The molecular weight excluding hydrogens is 492 g/mol. The third kappa shape index (κ3) is 3.00. The number of hydrogen-bond acceptors (Lipinski definition) is 4. The Morgan fingerprint density at radius 3 is 2.05 bits per heavy atom. The first kappa shape index (κ1) is 21.4. The van der Waals surface area contributed by atoms with Gasteiger partial charge in [0.15, 0.2) is 0 Å². The fourth-order valence-electron chi connectivity index (χ4n) is 5.96. The van der Waals surface area contributed by atoms with Crippen molar-refractivity contribution >= 4 is 54.6 Å². The highest BCUT2D eigenvalue weighted by Gasteiger charge is 2.20. The van der Waals surface area contributed by atoms with Crippen molar-refractivity contribution in [3.05, 3.63) is 121 Å². The van der Waals surface area contributed by atoms with Crippen LogP contribution in [0.1, 0.15) is 0 Å². The van der Waals surface area contributed by atoms with Crippen molar-refractivity contribution in [2.75, 3.05) is 0 Å². The molecule has 0 spiro atoms. The molecule has 0 bridgehead atoms. The first-order valence-electron chi connectivity index (χ1n) is 13.3. The summed E-state index contributed by atoms with van der Waals surface area (Å²) < 4.78 is 8.20. The fourth-order valence-corrected chi connectivity index (χ4v) is 5.96. The van der Waals surface area contributed by atoms with Crippen molar-refractivity contribution < 1.29 is 4.42 Å². The van der Waals surface area contributed by atoms with Crippen LogP contribution in [0.25, 0.3) is 83.1 Å². The molecule has 5 nitrogen and oxygen atoms in total. The number of aromatic nitrogens is 4. The number of rotatable bonds is 2. The van der Waals surface area contributed by atoms with E-state index in [0.717, 1.165) is 77.2 Å². The highest BCUT2D eigenvalue weighted by molar-refractivity contribution is 6.08. The van der Waals surface area contributed by atoms with E-state index in [1.807, 2.05) is 48.5 Å². The lowest BCUT2D eigenvalue weighted by Gasteiger charge is -2.15. The molecule has 0 saturated heterocycles. The maximum Gasteiger partial charge on any atom is 0.235 e. The number of pyridine rings is 1. The van der Waals surface area contributed by atoms with Crippen molar-refractivity contribution in [1.29, 1.82) is 0 Å². The van der Waals surface area contributed by atoms with Crippen molar-refractivity contribution in [1.82, 2.24) is 19.5 Å². The van der Waals surface area contributed by atoms with Crippen LogP contribution in [0.5, 0.6) is 0 Å². The van der Waals surface area contributed by atoms with Crippen LogP contribution >= 0.6 is 0 Å². The Balaban J connectivity index is 1.36. The zero-order chi connectivity index (χ0) is 26.2. The molecule has 40 heavy (non-hydrogen) atoms. The third-order valence-corrected chi connectivity index (χ3v) is 7.82. The standard InChI is InChI=1S/C35H20N4O/c1-5-13-28-22(9-1)27-20-39(30-15-7-3-12-25(30)34(27)36-28)35-37-29-14-6-2-11-24(29)33(38-35)21-17-18-32-26(19-21)23-10-4-8-16-31(23)40-32/h1-20H. The van der Waals surface area contributed by atoms with Crippen LogP contribution in [0.3, 0.4) is 0 Å².